The van der Waals surface area contributed by atoms with Gasteiger partial charge in [0.1, 0.15) is 0 Å². The molecule has 0 atom stereocenters. The molecule has 0 spiro atoms. The van der Waals surface area contributed by atoms with E-state index in [0.717, 1.165) is 11.8 Å². The van der Waals surface area contributed by atoms with Gasteiger partial charge in [-0.3, -0.25) is 4.79 Å². The second-order valence-electron chi connectivity index (χ2n) is 2.20. The van der Waals surface area contributed by atoms with E-state index in [1.54, 1.807) is 18.2 Å². The number of rotatable bonds is 2. The Bertz CT molecular complexity index is 303. The lowest BCUT2D eigenvalue weighted by molar-refractivity contribution is -0.104. The number of hydrogen-bond donors (Lipinski definition) is 0. The van der Waals surface area contributed by atoms with Crippen molar-refractivity contribution in [1.29, 1.82) is 0 Å². The molecule has 3 heteroatoms. The first-order valence-electron chi connectivity index (χ1n) is 3.30. The van der Waals surface area contributed by atoms with Crippen molar-refractivity contribution in [3.05, 3.63) is 38.4 Å². The van der Waals surface area contributed by atoms with Crippen LogP contribution in [0.15, 0.2) is 27.8 Å². The lowest BCUT2D eigenvalue weighted by Gasteiger charge is -1.92. The van der Waals surface area contributed by atoms with Crippen LogP contribution in [0, 0.1) is 0 Å². The SMILES string of the molecule is O=C/C(I)=C/c1ccc(Cl)cc1. The maximum atomic E-state index is 10.3. The summed E-state index contributed by atoms with van der Waals surface area (Å²) in [6, 6.07) is 7.32. The summed E-state index contributed by atoms with van der Waals surface area (Å²) in [4.78, 5) is 10.3. The maximum absolute atomic E-state index is 10.3. The summed E-state index contributed by atoms with van der Waals surface area (Å²) >= 11 is 7.67. The molecule has 1 aromatic carbocycles. The summed E-state index contributed by atoms with van der Waals surface area (Å²) in [7, 11) is 0. The van der Waals surface area contributed by atoms with Gasteiger partial charge in [0.05, 0.1) is 3.58 Å². The quantitative estimate of drug-likeness (QED) is 0.464. The van der Waals surface area contributed by atoms with Gasteiger partial charge in [-0.05, 0) is 46.4 Å². The average Bonchev–Trinajstić information content (AvgIpc) is 2.09. The van der Waals surface area contributed by atoms with Gasteiger partial charge in [-0.15, -0.1) is 0 Å². The zero-order valence-electron chi connectivity index (χ0n) is 6.13. The van der Waals surface area contributed by atoms with Crippen LogP contribution in [0.2, 0.25) is 5.02 Å². The Labute approximate surface area is 89.6 Å². The third-order valence-corrected chi connectivity index (χ3v) is 2.10. The van der Waals surface area contributed by atoms with Crippen molar-refractivity contribution < 1.29 is 4.79 Å². The third-order valence-electron chi connectivity index (χ3n) is 1.29. The molecule has 0 aliphatic rings. The summed E-state index contributed by atoms with van der Waals surface area (Å²) in [5.74, 6) is 0. The van der Waals surface area contributed by atoms with Crippen LogP contribution in [0.5, 0.6) is 0 Å². The lowest BCUT2D eigenvalue weighted by atomic mass is 10.2. The minimum atomic E-state index is 0.676. The number of carbonyl (C=O) groups excluding carboxylic acids is 1. The molecule has 62 valence electrons. The van der Waals surface area contributed by atoms with E-state index < -0.39 is 0 Å². The van der Waals surface area contributed by atoms with Gasteiger partial charge in [0.15, 0.2) is 6.29 Å². The van der Waals surface area contributed by atoms with Crippen LogP contribution in [0.1, 0.15) is 5.56 Å². The van der Waals surface area contributed by atoms with Crippen molar-refractivity contribution in [2.75, 3.05) is 0 Å². The van der Waals surface area contributed by atoms with Gasteiger partial charge in [0.25, 0.3) is 0 Å². The molecule has 1 rings (SSSR count). The van der Waals surface area contributed by atoms with Crippen molar-refractivity contribution >= 4 is 46.6 Å². The summed E-state index contributed by atoms with van der Waals surface area (Å²) in [6.45, 7) is 0. The number of hydrogen-bond acceptors (Lipinski definition) is 1. The molecule has 0 aliphatic carbocycles. The number of benzene rings is 1. The maximum Gasteiger partial charge on any atom is 0.156 e. The van der Waals surface area contributed by atoms with Crippen molar-refractivity contribution in [2.45, 2.75) is 0 Å². The van der Waals surface area contributed by atoms with Crippen molar-refractivity contribution in [2.24, 2.45) is 0 Å². The van der Waals surface area contributed by atoms with E-state index in [2.05, 4.69) is 0 Å². The molecule has 0 aliphatic heterocycles. The van der Waals surface area contributed by atoms with Gasteiger partial charge in [-0.1, -0.05) is 23.7 Å². The second kappa shape index (κ2) is 4.62. The van der Waals surface area contributed by atoms with Gasteiger partial charge in [-0.2, -0.15) is 0 Å². The molecule has 1 aromatic rings. The molecule has 0 heterocycles. The molecule has 0 unspecified atom stereocenters. The second-order valence-corrected chi connectivity index (χ2v) is 3.88. The van der Waals surface area contributed by atoms with Gasteiger partial charge in [0.2, 0.25) is 0 Å². The molecule has 0 aromatic heterocycles. The predicted molar refractivity (Wildman–Crippen MR) is 59.5 cm³/mol. The molecular weight excluding hydrogens is 286 g/mol. The highest BCUT2D eigenvalue weighted by Gasteiger charge is 1.90. The van der Waals surface area contributed by atoms with Crippen molar-refractivity contribution in [1.82, 2.24) is 0 Å². The molecule has 0 N–H and O–H groups in total. The highest BCUT2D eigenvalue weighted by molar-refractivity contribution is 14.1. The van der Waals surface area contributed by atoms with E-state index in [1.165, 1.54) is 0 Å². The van der Waals surface area contributed by atoms with Crippen LogP contribution >= 0.6 is 34.2 Å². The van der Waals surface area contributed by atoms with Crippen molar-refractivity contribution in [3.63, 3.8) is 0 Å². The number of halogens is 2. The largest absolute Gasteiger partial charge is 0.297 e. The molecule has 1 nitrogen and oxygen atoms in total. The van der Waals surface area contributed by atoms with Crippen molar-refractivity contribution in [3.8, 4) is 0 Å². The third kappa shape index (κ3) is 2.95. The number of allylic oxidation sites excluding steroid dienone is 1. The Kier molecular flexibility index (Phi) is 3.75. The zero-order chi connectivity index (χ0) is 8.97. The Hall–Kier alpha value is -0.350. The van der Waals surface area contributed by atoms with Crippen LogP contribution in [0.4, 0.5) is 0 Å². The Morgan fingerprint density at radius 1 is 1.33 bits per heavy atom. The first kappa shape index (κ1) is 9.74. The van der Waals surface area contributed by atoms with Gasteiger partial charge < -0.3 is 0 Å². The minimum Gasteiger partial charge on any atom is -0.297 e. The van der Waals surface area contributed by atoms with Gasteiger partial charge >= 0.3 is 0 Å². The van der Waals surface area contributed by atoms with E-state index >= 15 is 0 Å². The molecular formula is C9H6ClIO. The predicted octanol–water partition coefficient (Wildman–Crippen LogP) is 3.31. The Balaban J connectivity index is 2.91. The lowest BCUT2D eigenvalue weighted by Crippen LogP contribution is -1.74. The standard InChI is InChI=1S/C9H6ClIO/c10-8-3-1-7(2-4-8)5-9(11)6-12/h1-6H/b9-5-. The number of aldehydes is 1. The highest BCUT2D eigenvalue weighted by atomic mass is 127. The fourth-order valence-corrected chi connectivity index (χ4v) is 1.24. The molecule has 0 amide bonds. The minimum absolute atomic E-state index is 0.676. The molecule has 0 radical (unpaired) electrons. The number of carbonyl (C=O) groups is 1. The monoisotopic (exact) mass is 292 g/mol. The van der Waals surface area contributed by atoms with E-state index in [1.807, 2.05) is 34.7 Å². The Morgan fingerprint density at radius 3 is 2.42 bits per heavy atom. The van der Waals surface area contributed by atoms with Crippen LogP contribution in [-0.2, 0) is 4.79 Å². The molecule has 0 saturated heterocycles. The zero-order valence-corrected chi connectivity index (χ0v) is 9.04. The Morgan fingerprint density at radius 2 is 1.92 bits per heavy atom. The highest BCUT2D eigenvalue weighted by Crippen LogP contribution is 2.14. The molecule has 12 heavy (non-hydrogen) atoms. The first-order chi connectivity index (χ1) is 5.72. The topological polar surface area (TPSA) is 17.1 Å². The fourth-order valence-electron chi connectivity index (χ4n) is 0.752. The normalized spacial score (nSPS) is 11.3. The smallest absolute Gasteiger partial charge is 0.156 e. The summed E-state index contributed by atoms with van der Waals surface area (Å²) in [5.41, 5.74) is 0.982. The van der Waals surface area contributed by atoms with Crippen LogP contribution < -0.4 is 0 Å². The van der Waals surface area contributed by atoms with Gasteiger partial charge in [0, 0.05) is 5.02 Å². The van der Waals surface area contributed by atoms with E-state index in [-0.39, 0.29) is 0 Å². The molecule has 0 fully saturated rings. The molecule has 0 bridgehead atoms. The first-order valence-corrected chi connectivity index (χ1v) is 4.76. The van der Waals surface area contributed by atoms with Crippen LogP contribution in [0.25, 0.3) is 6.08 Å². The van der Waals surface area contributed by atoms with Gasteiger partial charge in [-0.25, -0.2) is 0 Å². The molecule has 0 saturated carbocycles. The summed E-state index contributed by atoms with van der Waals surface area (Å²) < 4.78 is 0.676. The summed E-state index contributed by atoms with van der Waals surface area (Å²) in [5, 5.41) is 0.702. The fraction of sp³-hybridized carbons (Fsp3) is 0. The van der Waals surface area contributed by atoms with Crippen LogP contribution in [0.3, 0.4) is 0 Å². The van der Waals surface area contributed by atoms with E-state index in [4.69, 9.17) is 11.6 Å². The van der Waals surface area contributed by atoms with E-state index in [9.17, 15) is 4.79 Å². The summed E-state index contributed by atoms with van der Waals surface area (Å²) in [6.07, 6.45) is 2.61. The van der Waals surface area contributed by atoms with E-state index in [0.29, 0.717) is 8.60 Å². The average molecular weight is 293 g/mol. The van der Waals surface area contributed by atoms with Crippen LogP contribution in [-0.4, -0.2) is 6.29 Å².